The van der Waals surface area contributed by atoms with Gasteiger partial charge in [-0.25, -0.2) is 9.18 Å². The van der Waals surface area contributed by atoms with Gasteiger partial charge in [0.2, 0.25) is 0 Å². The number of carboxylic acid groups (broad SMARTS) is 1. The number of ether oxygens (including phenoxy) is 1. The first-order valence-corrected chi connectivity index (χ1v) is 9.62. The second kappa shape index (κ2) is 6.26. The summed E-state index contributed by atoms with van der Waals surface area (Å²) >= 11 is 0. The van der Waals surface area contributed by atoms with Crippen molar-refractivity contribution in [2.24, 2.45) is 17.1 Å². The van der Waals surface area contributed by atoms with Crippen molar-refractivity contribution in [2.45, 2.75) is 51.7 Å². The summed E-state index contributed by atoms with van der Waals surface area (Å²) in [5, 5.41) is 9.39. The number of carbonyl (C=O) groups is 1. The zero-order chi connectivity index (χ0) is 19.5. The maximum absolute atomic E-state index is 14.9. The summed E-state index contributed by atoms with van der Waals surface area (Å²) in [6, 6.07) is 3.58. The third kappa shape index (κ3) is 3.12. The second-order valence-corrected chi connectivity index (χ2v) is 9.22. The average Bonchev–Trinajstić information content (AvgIpc) is 3.12. The van der Waals surface area contributed by atoms with Crippen molar-refractivity contribution < 1.29 is 19.0 Å². The van der Waals surface area contributed by atoms with Crippen molar-refractivity contribution in [3.05, 3.63) is 23.5 Å². The minimum atomic E-state index is -0.884. The molecule has 3 heterocycles. The minimum absolute atomic E-state index is 0.00597. The zero-order valence-electron chi connectivity index (χ0n) is 16.1. The van der Waals surface area contributed by atoms with Crippen LogP contribution in [-0.4, -0.2) is 53.9 Å². The highest BCUT2D eigenvalue weighted by molar-refractivity contribution is 5.66. The topological polar surface area (TPSA) is 79.0 Å². The van der Waals surface area contributed by atoms with Gasteiger partial charge in [-0.2, -0.15) is 0 Å². The monoisotopic (exact) mass is 377 g/mol. The second-order valence-electron chi connectivity index (χ2n) is 9.22. The summed E-state index contributed by atoms with van der Waals surface area (Å²) in [6.07, 6.45) is 0.497. The van der Waals surface area contributed by atoms with Gasteiger partial charge in [-0.15, -0.1) is 0 Å². The molecule has 3 unspecified atom stereocenters. The molecule has 0 spiro atoms. The third-order valence-electron chi connectivity index (χ3n) is 6.25. The van der Waals surface area contributed by atoms with Crippen LogP contribution in [0.4, 0.5) is 14.9 Å². The van der Waals surface area contributed by atoms with Gasteiger partial charge in [0.05, 0.1) is 6.04 Å². The Hall–Kier alpha value is -2.02. The van der Waals surface area contributed by atoms with Crippen molar-refractivity contribution >= 4 is 11.8 Å². The van der Waals surface area contributed by atoms with Crippen LogP contribution in [-0.2, 0) is 6.42 Å². The fourth-order valence-electron chi connectivity index (χ4n) is 4.92. The summed E-state index contributed by atoms with van der Waals surface area (Å²) in [7, 11) is 0. The molecule has 0 aliphatic carbocycles. The van der Waals surface area contributed by atoms with E-state index in [9.17, 15) is 14.3 Å². The van der Waals surface area contributed by atoms with E-state index in [1.165, 1.54) is 4.90 Å². The number of halogens is 1. The van der Waals surface area contributed by atoms with Crippen molar-refractivity contribution in [1.29, 1.82) is 0 Å². The van der Waals surface area contributed by atoms with E-state index in [1.54, 1.807) is 6.07 Å². The quantitative estimate of drug-likeness (QED) is 0.787. The Balaban J connectivity index is 1.73. The third-order valence-corrected chi connectivity index (χ3v) is 6.25. The maximum atomic E-state index is 14.9. The van der Waals surface area contributed by atoms with Crippen LogP contribution in [0.3, 0.4) is 0 Å². The molecule has 6 nitrogen and oxygen atoms in total. The summed E-state index contributed by atoms with van der Waals surface area (Å²) in [5.74, 6) is 0.538. The highest BCUT2D eigenvalue weighted by Gasteiger charge is 2.51. The molecule has 0 saturated carbocycles. The van der Waals surface area contributed by atoms with Gasteiger partial charge in [0.25, 0.3) is 0 Å². The Kier molecular flexibility index (Phi) is 4.25. The Morgan fingerprint density at radius 2 is 2.07 bits per heavy atom. The van der Waals surface area contributed by atoms with E-state index < -0.39 is 6.09 Å². The number of amides is 1. The van der Waals surface area contributed by atoms with E-state index >= 15 is 0 Å². The van der Waals surface area contributed by atoms with Gasteiger partial charge in [0, 0.05) is 48.4 Å². The van der Waals surface area contributed by atoms with Crippen molar-refractivity contribution in [3.63, 3.8) is 0 Å². The summed E-state index contributed by atoms with van der Waals surface area (Å²) in [6.45, 7) is 7.94. The predicted octanol–water partition coefficient (Wildman–Crippen LogP) is 2.69. The van der Waals surface area contributed by atoms with Crippen molar-refractivity contribution in [1.82, 2.24) is 4.90 Å². The first kappa shape index (κ1) is 18.3. The molecule has 0 aromatic heterocycles. The SMILES string of the molecule is CC(C)(C)C1CC2CN(C(=O)O)CC2N1c1cc(F)c2c(c1)OC[C@H](N)C2. The van der Waals surface area contributed by atoms with Crippen LogP contribution in [0.15, 0.2) is 12.1 Å². The molecule has 3 aliphatic rings. The smallest absolute Gasteiger partial charge is 0.407 e. The number of anilines is 1. The lowest BCUT2D eigenvalue weighted by atomic mass is 9.83. The Bertz CT molecular complexity index is 764. The molecular formula is C20H28FN3O3. The van der Waals surface area contributed by atoms with E-state index in [1.807, 2.05) is 6.07 Å². The summed E-state index contributed by atoms with van der Waals surface area (Å²) in [4.78, 5) is 15.2. The molecule has 0 bridgehead atoms. The molecule has 148 valence electrons. The highest BCUT2D eigenvalue weighted by atomic mass is 19.1. The summed E-state index contributed by atoms with van der Waals surface area (Å²) < 4.78 is 20.6. The summed E-state index contributed by atoms with van der Waals surface area (Å²) in [5.41, 5.74) is 7.22. The molecule has 2 saturated heterocycles. The molecule has 7 heteroatoms. The molecule has 1 aromatic rings. The van der Waals surface area contributed by atoms with Gasteiger partial charge < -0.3 is 25.4 Å². The molecule has 1 amide bonds. The van der Waals surface area contributed by atoms with Gasteiger partial charge >= 0.3 is 6.09 Å². The molecule has 4 atom stereocenters. The Morgan fingerprint density at radius 3 is 2.74 bits per heavy atom. The van der Waals surface area contributed by atoms with E-state index in [4.69, 9.17) is 10.5 Å². The lowest BCUT2D eigenvalue weighted by Crippen LogP contribution is -2.46. The molecule has 4 rings (SSSR count). The molecule has 2 fully saturated rings. The zero-order valence-corrected chi connectivity index (χ0v) is 16.1. The Labute approximate surface area is 159 Å². The molecule has 1 aromatic carbocycles. The number of nitrogens with zero attached hydrogens (tertiary/aromatic N) is 2. The van der Waals surface area contributed by atoms with Gasteiger partial charge in [0.15, 0.2) is 0 Å². The van der Waals surface area contributed by atoms with E-state index in [0.717, 1.165) is 12.1 Å². The first-order chi connectivity index (χ1) is 12.6. The Morgan fingerprint density at radius 1 is 1.33 bits per heavy atom. The van der Waals surface area contributed by atoms with Crippen LogP contribution in [0.25, 0.3) is 0 Å². The molecular weight excluding hydrogens is 349 g/mol. The van der Waals surface area contributed by atoms with Crippen LogP contribution in [0, 0.1) is 17.2 Å². The van der Waals surface area contributed by atoms with Crippen LogP contribution < -0.4 is 15.4 Å². The van der Waals surface area contributed by atoms with E-state index in [-0.39, 0.29) is 35.3 Å². The fraction of sp³-hybridized carbons (Fsp3) is 0.650. The molecule has 27 heavy (non-hydrogen) atoms. The van der Waals surface area contributed by atoms with Crippen LogP contribution in [0.5, 0.6) is 5.75 Å². The number of hydrogen-bond acceptors (Lipinski definition) is 4. The number of likely N-dealkylation sites (tertiary alicyclic amines) is 1. The number of fused-ring (bicyclic) bond motifs is 2. The first-order valence-electron chi connectivity index (χ1n) is 9.62. The number of hydrogen-bond donors (Lipinski definition) is 2. The predicted molar refractivity (Wildman–Crippen MR) is 101 cm³/mol. The van der Waals surface area contributed by atoms with Gasteiger partial charge in [0.1, 0.15) is 18.2 Å². The fourth-order valence-corrected chi connectivity index (χ4v) is 4.92. The van der Waals surface area contributed by atoms with Gasteiger partial charge in [-0.3, -0.25) is 0 Å². The number of nitrogens with two attached hydrogens (primary N) is 1. The standard InChI is InChI=1S/C20H28FN3O3/c1-20(2,3)18-4-11-8-23(19(25)26)9-16(11)24(18)13-6-15(21)14-5-12(22)10-27-17(14)7-13/h6-7,11-12,16,18H,4-5,8-10,22H2,1-3H3,(H,25,26)/t11?,12-,16?,18?/m1/s1. The van der Waals surface area contributed by atoms with Crippen LogP contribution in [0.1, 0.15) is 32.8 Å². The van der Waals surface area contributed by atoms with Gasteiger partial charge in [-0.05, 0) is 24.3 Å². The molecule has 3 aliphatic heterocycles. The lowest BCUT2D eigenvalue weighted by Gasteiger charge is -2.40. The van der Waals surface area contributed by atoms with Gasteiger partial charge in [-0.1, -0.05) is 20.8 Å². The normalized spacial score (nSPS) is 30.1. The van der Waals surface area contributed by atoms with Crippen molar-refractivity contribution in [2.75, 3.05) is 24.6 Å². The van der Waals surface area contributed by atoms with Crippen molar-refractivity contribution in [3.8, 4) is 5.75 Å². The van der Waals surface area contributed by atoms with Crippen LogP contribution in [0.2, 0.25) is 0 Å². The molecule has 3 N–H and O–H groups in total. The number of rotatable bonds is 1. The highest BCUT2D eigenvalue weighted by Crippen LogP contribution is 2.46. The maximum Gasteiger partial charge on any atom is 0.407 e. The van der Waals surface area contributed by atoms with Crippen LogP contribution >= 0.6 is 0 Å². The number of benzene rings is 1. The van der Waals surface area contributed by atoms with E-state index in [2.05, 4.69) is 25.7 Å². The van der Waals surface area contributed by atoms with E-state index in [0.29, 0.717) is 37.4 Å². The largest absolute Gasteiger partial charge is 0.491 e. The average molecular weight is 377 g/mol. The lowest BCUT2D eigenvalue weighted by molar-refractivity contribution is 0.151. The molecule has 0 radical (unpaired) electrons. The minimum Gasteiger partial charge on any atom is -0.491 e.